The van der Waals surface area contributed by atoms with E-state index < -0.39 is 30.0 Å². The normalized spacial score (nSPS) is 25.2. The van der Waals surface area contributed by atoms with Gasteiger partial charge in [-0.2, -0.15) is 0 Å². The van der Waals surface area contributed by atoms with Gasteiger partial charge in [-0.3, -0.25) is 4.90 Å². The van der Waals surface area contributed by atoms with Crippen LogP contribution in [0, 0.1) is 5.92 Å². The zero-order valence-corrected chi connectivity index (χ0v) is 16.2. The summed E-state index contributed by atoms with van der Waals surface area (Å²) in [4.78, 5) is 13.9. The predicted molar refractivity (Wildman–Crippen MR) is 94.1 cm³/mol. The summed E-state index contributed by atoms with van der Waals surface area (Å²) in [5.41, 5.74) is -1.03. The van der Waals surface area contributed by atoms with Gasteiger partial charge in [-0.15, -0.1) is 0 Å². The second kappa shape index (κ2) is 5.78. The molecule has 2 heterocycles. The van der Waals surface area contributed by atoms with Crippen LogP contribution in [0.25, 0.3) is 0 Å². The summed E-state index contributed by atoms with van der Waals surface area (Å²) in [6, 6.07) is 0. The van der Waals surface area contributed by atoms with Gasteiger partial charge in [0.1, 0.15) is 11.4 Å². The van der Waals surface area contributed by atoms with Crippen LogP contribution in [0.4, 0.5) is 4.79 Å². The molecular weight excluding hydrogens is 321 g/mol. The third-order valence-corrected chi connectivity index (χ3v) is 4.84. The Labute approximate surface area is 150 Å². The monoisotopic (exact) mass is 349 g/mol. The first-order valence-electron chi connectivity index (χ1n) is 8.86. The molecule has 0 bridgehead atoms. The molecule has 1 aliphatic carbocycles. The zero-order valence-electron chi connectivity index (χ0n) is 16.2. The van der Waals surface area contributed by atoms with Crippen LogP contribution < -0.4 is 0 Å². The summed E-state index contributed by atoms with van der Waals surface area (Å²) >= 11 is 0. The van der Waals surface area contributed by atoms with Crippen LogP contribution in [0.5, 0.6) is 0 Å². The van der Waals surface area contributed by atoms with Crippen LogP contribution in [0.3, 0.4) is 0 Å². The quantitative estimate of drug-likeness (QED) is 0.706. The number of amides is 1. The minimum atomic E-state index is -0.655. The van der Waals surface area contributed by atoms with Crippen molar-refractivity contribution in [3.63, 3.8) is 0 Å². The fourth-order valence-electron chi connectivity index (χ4n) is 2.55. The van der Waals surface area contributed by atoms with Gasteiger partial charge in [0.15, 0.2) is 5.66 Å². The Morgan fingerprint density at radius 2 is 1.72 bits per heavy atom. The van der Waals surface area contributed by atoms with E-state index in [0.29, 0.717) is 11.6 Å². The smallest absolute Gasteiger partial charge is 0.466 e. The Bertz CT molecular complexity index is 612. The summed E-state index contributed by atoms with van der Waals surface area (Å²) in [5, 5.41) is 0. The molecule has 6 nitrogen and oxygen atoms in total. The molecule has 1 saturated heterocycles. The summed E-state index contributed by atoms with van der Waals surface area (Å²) < 4.78 is 23.6. The number of hydrogen-bond acceptors (Lipinski definition) is 5. The predicted octanol–water partition coefficient (Wildman–Crippen LogP) is 3.98. The van der Waals surface area contributed by atoms with Crippen molar-refractivity contribution in [3.05, 3.63) is 23.8 Å². The lowest BCUT2D eigenvalue weighted by Gasteiger charge is -2.32. The van der Waals surface area contributed by atoms with Crippen LogP contribution in [0.15, 0.2) is 23.8 Å². The highest BCUT2D eigenvalue weighted by Crippen LogP contribution is 2.43. The van der Waals surface area contributed by atoms with Crippen molar-refractivity contribution < 1.29 is 23.6 Å². The molecule has 138 valence electrons. The van der Waals surface area contributed by atoms with E-state index in [4.69, 9.17) is 18.8 Å². The summed E-state index contributed by atoms with van der Waals surface area (Å²) in [5.74, 6) is 1.11. The SMILES string of the molecule is CC(C)(C)OC(=O)N1C=C(B2OC(C)(C)C(C)(C)O2)OC(C2CC2)=C1. The topological polar surface area (TPSA) is 57.2 Å². The Morgan fingerprint density at radius 3 is 2.20 bits per heavy atom. The molecule has 0 atom stereocenters. The molecule has 1 saturated carbocycles. The first-order valence-corrected chi connectivity index (χ1v) is 8.86. The van der Waals surface area contributed by atoms with Crippen LogP contribution in [-0.2, 0) is 18.8 Å². The van der Waals surface area contributed by atoms with E-state index in [0.717, 1.165) is 18.6 Å². The van der Waals surface area contributed by atoms with Gasteiger partial charge in [0.25, 0.3) is 0 Å². The summed E-state index contributed by atoms with van der Waals surface area (Å²) in [6.45, 7) is 13.5. The molecule has 0 spiro atoms. The zero-order chi connectivity index (χ0) is 18.6. The largest absolute Gasteiger partial charge is 0.534 e. The van der Waals surface area contributed by atoms with Crippen molar-refractivity contribution in [1.82, 2.24) is 4.90 Å². The van der Waals surface area contributed by atoms with Crippen LogP contribution in [-0.4, -0.2) is 34.9 Å². The molecule has 0 aromatic carbocycles. The average molecular weight is 349 g/mol. The lowest BCUT2D eigenvalue weighted by molar-refractivity contribution is 0.00578. The molecule has 0 unspecified atom stereocenters. The van der Waals surface area contributed by atoms with Crippen molar-refractivity contribution in [2.45, 2.75) is 78.1 Å². The standard InChI is InChI=1S/C18H28BNO5/c1-16(2,3)23-15(21)20-10-13(12-8-9-12)22-14(11-20)19-24-17(4,5)18(6,7)25-19/h10-12H,8-9H2,1-7H3. The number of ether oxygens (including phenoxy) is 2. The van der Waals surface area contributed by atoms with E-state index in [2.05, 4.69) is 0 Å². The summed E-state index contributed by atoms with van der Waals surface area (Å²) in [6.07, 6.45) is 4.99. The van der Waals surface area contributed by atoms with Crippen molar-refractivity contribution in [1.29, 1.82) is 0 Å². The Hall–Kier alpha value is -1.47. The van der Waals surface area contributed by atoms with Gasteiger partial charge in [0.05, 0.1) is 23.6 Å². The van der Waals surface area contributed by atoms with Gasteiger partial charge in [-0.25, -0.2) is 4.79 Å². The first kappa shape index (κ1) is 18.3. The minimum Gasteiger partial charge on any atom is -0.466 e. The fourth-order valence-corrected chi connectivity index (χ4v) is 2.55. The van der Waals surface area contributed by atoms with Gasteiger partial charge in [-0.1, -0.05) is 0 Å². The highest BCUT2D eigenvalue weighted by Gasteiger charge is 2.54. The van der Waals surface area contributed by atoms with Crippen molar-refractivity contribution in [2.75, 3.05) is 0 Å². The van der Waals surface area contributed by atoms with E-state index in [-0.39, 0.29) is 0 Å². The van der Waals surface area contributed by atoms with Crippen molar-refractivity contribution >= 4 is 13.2 Å². The lowest BCUT2D eigenvalue weighted by atomic mass is 9.86. The molecule has 2 fully saturated rings. The first-order chi connectivity index (χ1) is 11.4. The number of carbonyl (C=O) groups excluding carboxylic acids is 1. The number of rotatable bonds is 2. The number of carbonyl (C=O) groups is 1. The maximum Gasteiger partial charge on any atom is 0.534 e. The second-order valence-electron chi connectivity index (χ2n) is 8.92. The molecular formula is C18H28BNO5. The maximum absolute atomic E-state index is 12.5. The number of hydrogen-bond donors (Lipinski definition) is 0. The lowest BCUT2D eigenvalue weighted by Crippen LogP contribution is -2.41. The third kappa shape index (κ3) is 3.87. The maximum atomic E-state index is 12.5. The van der Waals surface area contributed by atoms with Gasteiger partial charge < -0.3 is 18.8 Å². The van der Waals surface area contributed by atoms with E-state index in [1.54, 1.807) is 12.4 Å². The number of nitrogens with zero attached hydrogens (tertiary/aromatic N) is 1. The van der Waals surface area contributed by atoms with Crippen molar-refractivity contribution in [3.8, 4) is 0 Å². The second-order valence-corrected chi connectivity index (χ2v) is 8.92. The van der Waals surface area contributed by atoms with Gasteiger partial charge in [0, 0.05) is 5.92 Å². The number of allylic oxidation sites excluding steroid dienone is 1. The third-order valence-electron chi connectivity index (χ3n) is 4.84. The fraction of sp³-hybridized carbons (Fsp3) is 0.722. The van der Waals surface area contributed by atoms with Crippen molar-refractivity contribution in [2.24, 2.45) is 5.92 Å². The molecule has 3 rings (SSSR count). The van der Waals surface area contributed by atoms with E-state index >= 15 is 0 Å². The van der Waals surface area contributed by atoms with E-state index in [1.165, 1.54) is 4.90 Å². The van der Waals surface area contributed by atoms with Crippen LogP contribution in [0.1, 0.15) is 61.3 Å². The van der Waals surface area contributed by atoms with Gasteiger partial charge in [0.2, 0.25) is 0 Å². The van der Waals surface area contributed by atoms with Crippen LogP contribution >= 0.6 is 0 Å². The van der Waals surface area contributed by atoms with Crippen LogP contribution in [0.2, 0.25) is 0 Å². The molecule has 2 aliphatic heterocycles. The molecule has 7 heteroatoms. The molecule has 0 aromatic rings. The molecule has 0 radical (unpaired) electrons. The molecule has 1 amide bonds. The highest BCUT2D eigenvalue weighted by atomic mass is 16.7. The highest BCUT2D eigenvalue weighted by molar-refractivity contribution is 6.53. The molecule has 25 heavy (non-hydrogen) atoms. The molecule has 0 N–H and O–H groups in total. The Kier molecular flexibility index (Phi) is 4.24. The van der Waals surface area contributed by atoms with E-state index in [1.807, 2.05) is 48.5 Å². The minimum absolute atomic E-state index is 0.344. The van der Waals surface area contributed by atoms with Gasteiger partial charge >= 0.3 is 13.2 Å². The molecule has 0 aromatic heterocycles. The average Bonchev–Trinajstić information content (AvgIpc) is 3.25. The van der Waals surface area contributed by atoms with E-state index in [9.17, 15) is 4.79 Å². The molecule has 3 aliphatic rings. The Balaban J connectivity index is 1.83. The van der Waals surface area contributed by atoms with Gasteiger partial charge in [-0.05, 0) is 61.3 Å². The summed E-state index contributed by atoms with van der Waals surface area (Å²) in [7, 11) is -0.655. The Morgan fingerprint density at radius 1 is 1.16 bits per heavy atom.